The maximum Gasteiger partial charge on any atom is 0.311 e. The van der Waals surface area contributed by atoms with Gasteiger partial charge in [-0.2, -0.15) is 0 Å². The Morgan fingerprint density at radius 2 is 1.88 bits per heavy atom. The lowest BCUT2D eigenvalue weighted by Gasteiger charge is -2.27. The van der Waals surface area contributed by atoms with E-state index in [1.807, 2.05) is 20.8 Å². The van der Waals surface area contributed by atoms with E-state index in [2.05, 4.69) is 17.5 Å². The number of rotatable bonds is 4. The van der Waals surface area contributed by atoms with Crippen LogP contribution in [0.15, 0.2) is 0 Å². The fourth-order valence-electron chi connectivity index (χ4n) is 1.04. The summed E-state index contributed by atoms with van der Waals surface area (Å²) in [5.41, 5.74) is 5.22. The number of likely N-dealkylation sites (N-methyl/N-ethyl adjacent to an activating group) is 1. The molecule has 3 N–H and O–H groups in total. The monoisotopic (exact) mass is 245 g/mol. The second-order valence-corrected chi connectivity index (χ2v) is 4.57. The molecule has 1 atom stereocenters. The highest BCUT2D eigenvalue weighted by molar-refractivity contribution is 7.80. The Bertz CT molecular complexity index is 292. The van der Waals surface area contributed by atoms with Gasteiger partial charge in [0.1, 0.15) is 0 Å². The van der Waals surface area contributed by atoms with Crippen molar-refractivity contribution in [1.29, 1.82) is 0 Å². The Kier molecular flexibility index (Phi) is 5.95. The van der Waals surface area contributed by atoms with Crippen LogP contribution in [0.1, 0.15) is 20.8 Å². The zero-order chi connectivity index (χ0) is 12.9. The average Bonchev–Trinajstić information content (AvgIpc) is 2.22. The fraction of sp³-hybridized carbons (Fsp3) is 0.700. The van der Waals surface area contributed by atoms with Crippen LogP contribution < -0.4 is 11.1 Å². The molecule has 0 rings (SSSR count). The van der Waals surface area contributed by atoms with Gasteiger partial charge < -0.3 is 16.0 Å². The molecule has 0 heterocycles. The van der Waals surface area contributed by atoms with Crippen molar-refractivity contribution in [3.05, 3.63) is 0 Å². The summed E-state index contributed by atoms with van der Waals surface area (Å²) in [6.45, 7) is 5.91. The van der Waals surface area contributed by atoms with Crippen LogP contribution in [0.4, 0.5) is 0 Å². The smallest absolute Gasteiger partial charge is 0.311 e. The molecule has 0 fully saturated rings. The minimum absolute atomic E-state index is 0.00285. The third kappa shape index (κ3) is 4.57. The predicted molar refractivity (Wildman–Crippen MR) is 66.9 cm³/mol. The minimum Gasteiger partial charge on any atom is -0.392 e. The largest absolute Gasteiger partial charge is 0.392 e. The van der Waals surface area contributed by atoms with Crippen molar-refractivity contribution < 1.29 is 9.59 Å². The summed E-state index contributed by atoms with van der Waals surface area (Å²) in [7, 11) is 1.60. The zero-order valence-electron chi connectivity index (χ0n) is 10.1. The molecule has 0 aromatic heterocycles. The molecule has 6 heteroatoms. The number of hydrogen-bond donors (Lipinski definition) is 2. The maximum atomic E-state index is 11.6. The molecule has 0 aliphatic heterocycles. The third-order valence-corrected chi connectivity index (χ3v) is 2.66. The number of nitrogens with one attached hydrogen (secondary N) is 1. The molecule has 92 valence electrons. The van der Waals surface area contributed by atoms with Gasteiger partial charge in [-0.25, -0.2) is 0 Å². The van der Waals surface area contributed by atoms with E-state index in [1.54, 1.807) is 7.05 Å². The van der Waals surface area contributed by atoms with Crippen LogP contribution in [0.3, 0.4) is 0 Å². The Labute approximate surface area is 101 Å². The molecule has 0 saturated heterocycles. The third-order valence-electron chi connectivity index (χ3n) is 2.51. The number of hydrogen-bond acceptors (Lipinski definition) is 3. The summed E-state index contributed by atoms with van der Waals surface area (Å²) in [5.74, 6) is -0.961. The van der Waals surface area contributed by atoms with E-state index in [9.17, 15) is 9.59 Å². The first kappa shape index (κ1) is 14.8. The molecule has 0 aliphatic carbocycles. The van der Waals surface area contributed by atoms with Gasteiger partial charge in [-0.05, 0) is 12.8 Å². The van der Waals surface area contributed by atoms with Gasteiger partial charge in [0, 0.05) is 13.1 Å². The van der Waals surface area contributed by atoms with Gasteiger partial charge in [0.05, 0.1) is 11.5 Å². The summed E-state index contributed by atoms with van der Waals surface area (Å²) in [5, 5.41) is 2.36. The molecule has 2 amide bonds. The summed E-state index contributed by atoms with van der Waals surface area (Å²) in [6.07, 6.45) is 0. The maximum absolute atomic E-state index is 11.6. The first-order valence-electron chi connectivity index (χ1n) is 5.10. The molecule has 5 nitrogen and oxygen atoms in total. The van der Waals surface area contributed by atoms with Gasteiger partial charge in [-0.1, -0.05) is 26.1 Å². The quantitative estimate of drug-likeness (QED) is 0.535. The molecule has 0 aromatic rings. The molecule has 0 saturated carbocycles. The standard InChI is InChI=1S/C10H19N3O2S/c1-6(2)7(3)13(4)10(15)9(14)12-5-8(11)16/h6-7H,5H2,1-4H3,(H2,11,16)(H,12,14). The Balaban J connectivity index is 4.32. The van der Waals surface area contributed by atoms with Crippen molar-refractivity contribution >= 4 is 29.0 Å². The van der Waals surface area contributed by atoms with Crippen LogP contribution in [0.5, 0.6) is 0 Å². The molecule has 16 heavy (non-hydrogen) atoms. The highest BCUT2D eigenvalue weighted by atomic mass is 32.1. The number of carbonyl (C=O) groups is 2. The van der Waals surface area contributed by atoms with Crippen LogP contribution in [0, 0.1) is 5.92 Å². The average molecular weight is 245 g/mol. The Morgan fingerprint density at radius 1 is 1.38 bits per heavy atom. The highest BCUT2D eigenvalue weighted by Crippen LogP contribution is 2.07. The van der Waals surface area contributed by atoms with Crippen LogP contribution in [-0.2, 0) is 9.59 Å². The van der Waals surface area contributed by atoms with Gasteiger partial charge in [0.25, 0.3) is 0 Å². The lowest BCUT2D eigenvalue weighted by atomic mass is 10.1. The van der Waals surface area contributed by atoms with Crippen molar-refractivity contribution in [2.24, 2.45) is 11.7 Å². The van der Waals surface area contributed by atoms with Gasteiger partial charge in [-0.3, -0.25) is 9.59 Å². The second kappa shape index (κ2) is 6.42. The lowest BCUT2D eigenvalue weighted by Crippen LogP contribution is -2.47. The zero-order valence-corrected chi connectivity index (χ0v) is 10.9. The number of nitrogens with zero attached hydrogens (tertiary/aromatic N) is 1. The molecule has 1 unspecified atom stereocenters. The van der Waals surface area contributed by atoms with E-state index >= 15 is 0 Å². The molecule has 0 spiro atoms. The molecule has 0 bridgehead atoms. The van der Waals surface area contributed by atoms with Crippen molar-refractivity contribution in [3.63, 3.8) is 0 Å². The van der Waals surface area contributed by atoms with E-state index in [1.165, 1.54) is 4.90 Å². The van der Waals surface area contributed by atoms with Gasteiger partial charge in [0.15, 0.2) is 0 Å². The summed E-state index contributed by atoms with van der Waals surface area (Å²) >= 11 is 4.60. The summed E-state index contributed by atoms with van der Waals surface area (Å²) < 4.78 is 0. The number of amides is 2. The minimum atomic E-state index is -0.678. The molecule has 0 radical (unpaired) electrons. The Morgan fingerprint density at radius 3 is 2.25 bits per heavy atom. The van der Waals surface area contributed by atoms with Crippen LogP contribution in [0.2, 0.25) is 0 Å². The van der Waals surface area contributed by atoms with E-state index < -0.39 is 11.8 Å². The van der Waals surface area contributed by atoms with Crippen molar-refractivity contribution in [3.8, 4) is 0 Å². The second-order valence-electron chi connectivity index (χ2n) is 4.05. The van der Waals surface area contributed by atoms with E-state index in [-0.39, 0.29) is 23.5 Å². The molecular formula is C10H19N3O2S. The van der Waals surface area contributed by atoms with Gasteiger partial charge in [-0.15, -0.1) is 0 Å². The van der Waals surface area contributed by atoms with Crippen molar-refractivity contribution in [1.82, 2.24) is 10.2 Å². The summed E-state index contributed by atoms with van der Waals surface area (Å²) in [4.78, 5) is 24.6. The Hall–Kier alpha value is -1.17. The number of thiocarbonyl (C=S) groups is 1. The normalized spacial score (nSPS) is 12.1. The van der Waals surface area contributed by atoms with Crippen LogP contribution in [-0.4, -0.2) is 41.3 Å². The van der Waals surface area contributed by atoms with Gasteiger partial charge >= 0.3 is 11.8 Å². The first-order valence-corrected chi connectivity index (χ1v) is 5.51. The molecule has 0 aromatic carbocycles. The highest BCUT2D eigenvalue weighted by Gasteiger charge is 2.24. The van der Waals surface area contributed by atoms with E-state index in [4.69, 9.17) is 5.73 Å². The van der Waals surface area contributed by atoms with E-state index in [0.717, 1.165) is 0 Å². The molecular weight excluding hydrogens is 226 g/mol. The van der Waals surface area contributed by atoms with Crippen molar-refractivity contribution in [2.45, 2.75) is 26.8 Å². The summed E-state index contributed by atoms with van der Waals surface area (Å²) in [6, 6.07) is 0.00285. The molecule has 0 aliphatic rings. The topological polar surface area (TPSA) is 75.4 Å². The first-order chi connectivity index (χ1) is 7.27. The lowest BCUT2D eigenvalue weighted by molar-refractivity contribution is -0.146. The van der Waals surface area contributed by atoms with Crippen LogP contribution >= 0.6 is 12.2 Å². The predicted octanol–water partition coefficient (Wildman–Crippen LogP) is -0.108. The number of nitrogens with two attached hydrogens (primary N) is 1. The SMILES string of the molecule is CC(C)C(C)N(C)C(=O)C(=O)NCC(N)=S. The fourth-order valence-corrected chi connectivity index (χ4v) is 1.11. The number of carbonyl (C=O) groups excluding carboxylic acids is 2. The van der Waals surface area contributed by atoms with Crippen molar-refractivity contribution in [2.75, 3.05) is 13.6 Å². The van der Waals surface area contributed by atoms with Gasteiger partial charge in [0.2, 0.25) is 0 Å². The van der Waals surface area contributed by atoms with E-state index in [0.29, 0.717) is 0 Å². The van der Waals surface area contributed by atoms with Crippen LogP contribution in [0.25, 0.3) is 0 Å².